The topological polar surface area (TPSA) is 32.5 Å². The van der Waals surface area contributed by atoms with Crippen LogP contribution < -0.4 is 5.73 Å². The molecule has 0 aromatic heterocycles. The maximum Gasteiger partial charge on any atom is 0.0410 e. The highest BCUT2D eigenvalue weighted by atomic mass is 15.3. The van der Waals surface area contributed by atoms with Crippen molar-refractivity contribution in [3.8, 4) is 0 Å². The third-order valence-electron chi connectivity index (χ3n) is 4.59. The van der Waals surface area contributed by atoms with Gasteiger partial charge in [-0.25, -0.2) is 0 Å². The lowest BCUT2D eigenvalue weighted by molar-refractivity contribution is 0.0867. The van der Waals surface area contributed by atoms with Gasteiger partial charge in [-0.05, 0) is 11.1 Å². The summed E-state index contributed by atoms with van der Waals surface area (Å²) in [4.78, 5) is 5.10. The van der Waals surface area contributed by atoms with E-state index in [-0.39, 0.29) is 0 Å². The van der Waals surface area contributed by atoms with Crippen molar-refractivity contribution in [2.75, 3.05) is 26.2 Å². The van der Waals surface area contributed by atoms with Crippen molar-refractivity contribution in [3.05, 3.63) is 83.9 Å². The summed E-state index contributed by atoms with van der Waals surface area (Å²) in [6.45, 7) is 5.87. The quantitative estimate of drug-likeness (QED) is 0.831. The predicted octanol–water partition coefficient (Wildman–Crippen LogP) is 2.89. The van der Waals surface area contributed by atoms with E-state index in [9.17, 15) is 0 Å². The minimum absolute atomic E-state index is 0.422. The summed E-state index contributed by atoms with van der Waals surface area (Å²) in [5.74, 6) is 0. The lowest BCUT2D eigenvalue weighted by atomic mass is 10.1. The lowest BCUT2D eigenvalue weighted by Crippen LogP contribution is -2.51. The van der Waals surface area contributed by atoms with Crippen molar-refractivity contribution in [1.82, 2.24) is 9.80 Å². The van der Waals surface area contributed by atoms with Gasteiger partial charge >= 0.3 is 0 Å². The van der Waals surface area contributed by atoms with Crippen LogP contribution in [0, 0.1) is 0 Å². The molecule has 126 valence electrons. The van der Waals surface area contributed by atoms with Gasteiger partial charge in [-0.15, -0.1) is 0 Å². The second-order valence-electron chi connectivity index (χ2n) is 6.41. The van der Waals surface area contributed by atoms with Gasteiger partial charge < -0.3 is 5.73 Å². The van der Waals surface area contributed by atoms with Gasteiger partial charge in [-0.1, -0.05) is 72.8 Å². The summed E-state index contributed by atoms with van der Waals surface area (Å²) in [5.41, 5.74) is 8.44. The van der Waals surface area contributed by atoms with Gasteiger partial charge in [0.15, 0.2) is 0 Å². The normalized spacial score (nSPS) is 19.8. The van der Waals surface area contributed by atoms with Gasteiger partial charge in [0.2, 0.25) is 0 Å². The minimum atomic E-state index is 0.422. The highest BCUT2D eigenvalue weighted by molar-refractivity contribution is 5.17. The smallest absolute Gasteiger partial charge is 0.0410 e. The summed E-state index contributed by atoms with van der Waals surface area (Å²) in [6, 6.07) is 21.9. The van der Waals surface area contributed by atoms with Crippen molar-refractivity contribution in [2.45, 2.75) is 19.1 Å². The van der Waals surface area contributed by atoms with E-state index in [0.29, 0.717) is 12.6 Å². The Morgan fingerprint density at radius 1 is 0.875 bits per heavy atom. The zero-order chi connectivity index (χ0) is 16.6. The molecule has 0 spiro atoms. The molecule has 0 amide bonds. The van der Waals surface area contributed by atoms with Crippen LogP contribution in [0.2, 0.25) is 0 Å². The van der Waals surface area contributed by atoms with Crippen molar-refractivity contribution in [2.24, 2.45) is 5.73 Å². The number of nitrogens with two attached hydrogens (primary N) is 1. The van der Waals surface area contributed by atoms with Crippen LogP contribution in [0.15, 0.2) is 72.8 Å². The third-order valence-corrected chi connectivity index (χ3v) is 4.59. The van der Waals surface area contributed by atoms with Crippen LogP contribution in [0.25, 0.3) is 0 Å². The summed E-state index contributed by atoms with van der Waals surface area (Å²) >= 11 is 0. The number of benzene rings is 2. The van der Waals surface area contributed by atoms with Crippen LogP contribution in [0.5, 0.6) is 0 Å². The van der Waals surface area contributed by atoms with Crippen LogP contribution in [0.3, 0.4) is 0 Å². The van der Waals surface area contributed by atoms with Crippen molar-refractivity contribution in [3.63, 3.8) is 0 Å². The van der Waals surface area contributed by atoms with Gasteiger partial charge in [0.1, 0.15) is 0 Å². The molecule has 0 radical (unpaired) electrons. The Bertz CT molecular complexity index is 624. The Hall–Kier alpha value is -1.94. The highest BCUT2D eigenvalue weighted by Gasteiger charge is 2.25. The van der Waals surface area contributed by atoms with Gasteiger partial charge in [-0.2, -0.15) is 0 Å². The molecular formula is C21H27N3. The number of nitrogens with zero attached hydrogens (tertiary/aromatic N) is 2. The molecule has 0 saturated carbocycles. The van der Waals surface area contributed by atoms with Gasteiger partial charge in [0.25, 0.3) is 0 Å². The summed E-state index contributed by atoms with van der Waals surface area (Å²) in [5, 5.41) is 0. The maximum absolute atomic E-state index is 5.68. The molecule has 2 aromatic rings. The molecule has 1 fully saturated rings. The molecule has 3 nitrogen and oxygen atoms in total. The molecule has 2 aromatic carbocycles. The number of hydrogen-bond donors (Lipinski definition) is 1. The maximum atomic E-state index is 5.68. The Morgan fingerprint density at radius 3 is 2.12 bits per heavy atom. The standard InChI is InChI=1S/C21H27N3/c22-13-7-12-21-18-23(16-19-8-3-1-4-9-19)14-15-24(21)17-20-10-5-2-6-11-20/h1-12,21H,13-18,22H2. The Morgan fingerprint density at radius 2 is 1.50 bits per heavy atom. The molecule has 1 saturated heterocycles. The van der Waals surface area contributed by atoms with Crippen LogP contribution in [-0.2, 0) is 13.1 Å². The zero-order valence-electron chi connectivity index (χ0n) is 14.2. The average Bonchev–Trinajstić information content (AvgIpc) is 2.63. The second kappa shape index (κ2) is 8.78. The zero-order valence-corrected chi connectivity index (χ0v) is 14.2. The molecule has 2 N–H and O–H groups in total. The molecule has 3 rings (SSSR count). The predicted molar refractivity (Wildman–Crippen MR) is 101 cm³/mol. The lowest BCUT2D eigenvalue weighted by Gasteiger charge is -2.40. The second-order valence-corrected chi connectivity index (χ2v) is 6.41. The van der Waals surface area contributed by atoms with E-state index in [2.05, 4.69) is 82.6 Å². The molecule has 0 aliphatic carbocycles. The van der Waals surface area contributed by atoms with Crippen molar-refractivity contribution < 1.29 is 0 Å². The molecule has 0 bridgehead atoms. The summed E-state index contributed by atoms with van der Waals surface area (Å²) < 4.78 is 0. The van der Waals surface area contributed by atoms with E-state index in [1.807, 2.05) is 0 Å². The molecule has 1 atom stereocenters. The SMILES string of the molecule is NCC=CC1CN(Cc2ccccc2)CCN1Cc1ccccc1. The molecule has 3 heteroatoms. The highest BCUT2D eigenvalue weighted by Crippen LogP contribution is 2.17. The Kier molecular flexibility index (Phi) is 6.19. The fourth-order valence-corrected chi connectivity index (χ4v) is 3.32. The van der Waals surface area contributed by atoms with Crippen LogP contribution >= 0.6 is 0 Å². The van der Waals surface area contributed by atoms with Gasteiger partial charge in [-0.3, -0.25) is 9.80 Å². The van der Waals surface area contributed by atoms with Gasteiger partial charge in [0.05, 0.1) is 0 Å². The van der Waals surface area contributed by atoms with Crippen molar-refractivity contribution >= 4 is 0 Å². The van der Waals surface area contributed by atoms with Crippen LogP contribution in [-0.4, -0.2) is 42.0 Å². The number of rotatable bonds is 6. The van der Waals surface area contributed by atoms with E-state index in [1.54, 1.807) is 0 Å². The molecule has 1 unspecified atom stereocenters. The van der Waals surface area contributed by atoms with Crippen LogP contribution in [0.4, 0.5) is 0 Å². The third kappa shape index (κ3) is 4.78. The summed E-state index contributed by atoms with van der Waals surface area (Å²) in [7, 11) is 0. The first-order valence-corrected chi connectivity index (χ1v) is 8.76. The fourth-order valence-electron chi connectivity index (χ4n) is 3.32. The molecule has 1 aliphatic rings. The van der Waals surface area contributed by atoms with E-state index in [0.717, 1.165) is 32.7 Å². The average molecular weight is 321 g/mol. The molecule has 1 heterocycles. The van der Waals surface area contributed by atoms with E-state index in [4.69, 9.17) is 5.73 Å². The monoisotopic (exact) mass is 321 g/mol. The molecule has 24 heavy (non-hydrogen) atoms. The Labute approximate surface area is 145 Å². The first-order valence-electron chi connectivity index (χ1n) is 8.76. The Balaban J connectivity index is 1.65. The first-order chi connectivity index (χ1) is 11.8. The van der Waals surface area contributed by atoms with Crippen molar-refractivity contribution in [1.29, 1.82) is 0 Å². The van der Waals surface area contributed by atoms with E-state index in [1.165, 1.54) is 11.1 Å². The minimum Gasteiger partial charge on any atom is -0.327 e. The number of hydrogen-bond acceptors (Lipinski definition) is 3. The first kappa shape index (κ1) is 16.9. The fraction of sp³-hybridized carbons (Fsp3) is 0.333. The number of piperazine rings is 1. The summed E-state index contributed by atoms with van der Waals surface area (Å²) in [6.07, 6.45) is 4.37. The van der Waals surface area contributed by atoms with Crippen LogP contribution in [0.1, 0.15) is 11.1 Å². The van der Waals surface area contributed by atoms with E-state index >= 15 is 0 Å². The molecule has 1 aliphatic heterocycles. The largest absolute Gasteiger partial charge is 0.327 e. The molecular weight excluding hydrogens is 294 g/mol. The van der Waals surface area contributed by atoms with E-state index < -0.39 is 0 Å². The van der Waals surface area contributed by atoms with Gasteiger partial charge in [0, 0.05) is 45.3 Å².